The van der Waals surface area contributed by atoms with E-state index < -0.39 is 0 Å². The summed E-state index contributed by atoms with van der Waals surface area (Å²) in [5.41, 5.74) is 1.24. The van der Waals surface area contributed by atoms with Crippen LogP contribution in [0.5, 0.6) is 0 Å². The molecule has 0 bridgehead atoms. The molecule has 1 aromatic carbocycles. The van der Waals surface area contributed by atoms with E-state index in [-0.39, 0.29) is 6.10 Å². The lowest BCUT2D eigenvalue weighted by Crippen LogP contribution is -2.23. The van der Waals surface area contributed by atoms with Crippen molar-refractivity contribution in [3.63, 3.8) is 0 Å². The number of rotatable bonds is 6. The zero-order valence-electron chi connectivity index (χ0n) is 11.7. The van der Waals surface area contributed by atoms with Gasteiger partial charge in [-0.3, -0.25) is 0 Å². The van der Waals surface area contributed by atoms with Crippen LogP contribution in [0.15, 0.2) is 28.7 Å². The third kappa shape index (κ3) is 4.59. The van der Waals surface area contributed by atoms with Crippen molar-refractivity contribution in [2.75, 3.05) is 20.2 Å². The van der Waals surface area contributed by atoms with Gasteiger partial charge in [0.15, 0.2) is 0 Å². The molecule has 0 heterocycles. The number of nitrogens with one attached hydrogen (secondary N) is 1. The highest BCUT2D eigenvalue weighted by Crippen LogP contribution is 2.29. The second-order valence-electron chi connectivity index (χ2n) is 5.41. The molecule has 1 aliphatic carbocycles. The van der Waals surface area contributed by atoms with Gasteiger partial charge in [-0.05, 0) is 37.4 Å². The van der Waals surface area contributed by atoms with E-state index in [2.05, 4.69) is 39.4 Å². The predicted molar refractivity (Wildman–Crippen MR) is 83.3 cm³/mol. The number of hydrogen-bond donors (Lipinski definition) is 1. The van der Waals surface area contributed by atoms with Gasteiger partial charge in [0.2, 0.25) is 0 Å². The Kier molecular flexibility index (Phi) is 6.35. The first kappa shape index (κ1) is 15.0. The van der Waals surface area contributed by atoms with E-state index in [0.29, 0.717) is 0 Å². The van der Waals surface area contributed by atoms with Crippen LogP contribution in [-0.4, -0.2) is 20.2 Å². The fourth-order valence-corrected chi connectivity index (χ4v) is 3.33. The molecule has 3 heteroatoms. The van der Waals surface area contributed by atoms with Gasteiger partial charge in [-0.2, -0.15) is 0 Å². The van der Waals surface area contributed by atoms with Crippen LogP contribution in [0.25, 0.3) is 0 Å². The lowest BCUT2D eigenvalue weighted by Gasteiger charge is -2.25. The highest BCUT2D eigenvalue weighted by atomic mass is 79.9. The summed E-state index contributed by atoms with van der Waals surface area (Å²) in [5, 5.41) is 3.24. The van der Waals surface area contributed by atoms with Crippen molar-refractivity contribution < 1.29 is 4.74 Å². The maximum atomic E-state index is 6.20. The largest absolute Gasteiger partial charge is 0.372 e. The first-order valence-electron chi connectivity index (χ1n) is 7.32. The van der Waals surface area contributed by atoms with E-state index in [1.807, 2.05) is 13.1 Å². The molecule has 0 spiro atoms. The number of ether oxygens (including phenoxy) is 1. The number of likely N-dealkylation sites (N-methyl/N-ethyl adjacent to an activating group) is 1. The Morgan fingerprint density at radius 1 is 1.26 bits per heavy atom. The Labute approximate surface area is 125 Å². The van der Waals surface area contributed by atoms with Crippen molar-refractivity contribution in [3.05, 3.63) is 34.3 Å². The van der Waals surface area contributed by atoms with E-state index in [9.17, 15) is 0 Å². The SMILES string of the molecule is CNCC(OCC1CCCCC1)c1ccccc1Br. The Morgan fingerprint density at radius 2 is 2.00 bits per heavy atom. The van der Waals surface area contributed by atoms with Crippen molar-refractivity contribution in [2.24, 2.45) is 5.92 Å². The topological polar surface area (TPSA) is 21.3 Å². The molecule has 0 radical (unpaired) electrons. The van der Waals surface area contributed by atoms with E-state index in [0.717, 1.165) is 23.5 Å². The molecule has 1 fully saturated rings. The van der Waals surface area contributed by atoms with E-state index in [4.69, 9.17) is 4.74 Å². The van der Waals surface area contributed by atoms with Crippen molar-refractivity contribution >= 4 is 15.9 Å². The molecule has 1 aliphatic rings. The second-order valence-corrected chi connectivity index (χ2v) is 6.26. The third-order valence-electron chi connectivity index (χ3n) is 3.90. The Morgan fingerprint density at radius 3 is 2.68 bits per heavy atom. The second kappa shape index (κ2) is 8.03. The number of halogens is 1. The van der Waals surface area contributed by atoms with Crippen LogP contribution in [0, 0.1) is 5.92 Å². The van der Waals surface area contributed by atoms with Crippen LogP contribution in [0.2, 0.25) is 0 Å². The minimum absolute atomic E-state index is 0.141. The fraction of sp³-hybridized carbons (Fsp3) is 0.625. The van der Waals surface area contributed by atoms with Gasteiger partial charge in [0.05, 0.1) is 12.7 Å². The van der Waals surface area contributed by atoms with Crippen molar-refractivity contribution in [1.29, 1.82) is 0 Å². The molecule has 0 amide bonds. The standard InChI is InChI=1S/C16H24BrNO/c1-18-11-16(14-9-5-6-10-15(14)17)19-12-13-7-3-2-4-8-13/h5-6,9-10,13,16,18H,2-4,7-8,11-12H2,1H3. The molecule has 1 unspecified atom stereocenters. The molecule has 1 aromatic rings. The Hall–Kier alpha value is -0.380. The van der Waals surface area contributed by atoms with Gasteiger partial charge >= 0.3 is 0 Å². The summed E-state index contributed by atoms with van der Waals surface area (Å²) in [6.07, 6.45) is 6.97. The van der Waals surface area contributed by atoms with E-state index >= 15 is 0 Å². The van der Waals surface area contributed by atoms with Crippen LogP contribution in [0.4, 0.5) is 0 Å². The van der Waals surface area contributed by atoms with E-state index in [1.165, 1.54) is 37.7 Å². The quantitative estimate of drug-likeness (QED) is 0.841. The van der Waals surface area contributed by atoms with Gasteiger partial charge in [-0.15, -0.1) is 0 Å². The lowest BCUT2D eigenvalue weighted by atomic mass is 9.90. The molecule has 2 nitrogen and oxygen atoms in total. The molecular formula is C16H24BrNO. The number of hydrogen-bond acceptors (Lipinski definition) is 2. The Bertz CT molecular complexity index is 377. The lowest BCUT2D eigenvalue weighted by molar-refractivity contribution is 0.0206. The van der Waals surface area contributed by atoms with Gasteiger partial charge < -0.3 is 10.1 Å². The van der Waals surface area contributed by atoms with E-state index in [1.54, 1.807) is 0 Å². The van der Waals surface area contributed by atoms with Gasteiger partial charge in [-0.1, -0.05) is 53.4 Å². The van der Waals surface area contributed by atoms with Crippen molar-refractivity contribution in [2.45, 2.75) is 38.2 Å². The van der Waals surface area contributed by atoms with Gasteiger partial charge in [0.25, 0.3) is 0 Å². The maximum Gasteiger partial charge on any atom is 0.0960 e. The summed E-state index contributed by atoms with van der Waals surface area (Å²) in [6.45, 7) is 1.75. The molecule has 1 atom stereocenters. The first-order valence-corrected chi connectivity index (χ1v) is 8.11. The third-order valence-corrected chi connectivity index (χ3v) is 4.62. The molecule has 1 N–H and O–H groups in total. The summed E-state index contributed by atoms with van der Waals surface area (Å²) in [6, 6.07) is 8.35. The molecule has 19 heavy (non-hydrogen) atoms. The molecule has 0 aliphatic heterocycles. The zero-order chi connectivity index (χ0) is 13.5. The summed E-state index contributed by atoms with van der Waals surface area (Å²) in [4.78, 5) is 0. The zero-order valence-corrected chi connectivity index (χ0v) is 13.3. The molecule has 0 saturated heterocycles. The van der Waals surface area contributed by atoms with Gasteiger partial charge in [-0.25, -0.2) is 0 Å². The molecule has 106 valence electrons. The molecular weight excluding hydrogens is 302 g/mol. The summed E-state index contributed by atoms with van der Waals surface area (Å²) in [7, 11) is 1.98. The molecule has 1 saturated carbocycles. The van der Waals surface area contributed by atoms with Crippen LogP contribution in [0.1, 0.15) is 43.8 Å². The fourth-order valence-electron chi connectivity index (χ4n) is 2.79. The van der Waals surface area contributed by atoms with Crippen LogP contribution in [0.3, 0.4) is 0 Å². The minimum atomic E-state index is 0.141. The van der Waals surface area contributed by atoms with Crippen molar-refractivity contribution in [3.8, 4) is 0 Å². The average molecular weight is 326 g/mol. The van der Waals surface area contributed by atoms with Crippen LogP contribution >= 0.6 is 15.9 Å². The number of benzene rings is 1. The first-order chi connectivity index (χ1) is 9.31. The van der Waals surface area contributed by atoms with Gasteiger partial charge in [0.1, 0.15) is 0 Å². The summed E-state index contributed by atoms with van der Waals surface area (Å²) >= 11 is 3.63. The van der Waals surface area contributed by atoms with Crippen LogP contribution in [-0.2, 0) is 4.74 Å². The van der Waals surface area contributed by atoms with Crippen molar-refractivity contribution in [1.82, 2.24) is 5.32 Å². The van der Waals surface area contributed by atoms with Crippen LogP contribution < -0.4 is 5.32 Å². The highest BCUT2D eigenvalue weighted by Gasteiger charge is 2.18. The maximum absolute atomic E-state index is 6.20. The minimum Gasteiger partial charge on any atom is -0.372 e. The van der Waals surface area contributed by atoms with Gasteiger partial charge in [0, 0.05) is 11.0 Å². The Balaban J connectivity index is 1.94. The summed E-state index contributed by atoms with van der Waals surface area (Å²) in [5.74, 6) is 0.760. The predicted octanol–water partition coefficient (Wildman–Crippen LogP) is 4.31. The molecule has 0 aromatic heterocycles. The molecule has 2 rings (SSSR count). The highest BCUT2D eigenvalue weighted by molar-refractivity contribution is 9.10. The summed E-state index contributed by atoms with van der Waals surface area (Å²) < 4.78 is 7.33. The normalized spacial score (nSPS) is 18.4. The average Bonchev–Trinajstić information content (AvgIpc) is 2.45. The monoisotopic (exact) mass is 325 g/mol. The smallest absolute Gasteiger partial charge is 0.0960 e.